The van der Waals surface area contributed by atoms with Crippen molar-refractivity contribution in [2.45, 2.75) is 77.6 Å². The van der Waals surface area contributed by atoms with Gasteiger partial charge in [-0.2, -0.15) is 0 Å². The average molecular weight is 558 g/mol. The quantitative estimate of drug-likeness (QED) is 0.345. The van der Waals surface area contributed by atoms with Gasteiger partial charge in [0.2, 0.25) is 11.8 Å². The lowest BCUT2D eigenvalue weighted by Gasteiger charge is -2.29. The second-order valence-corrected chi connectivity index (χ2v) is 12.1. The molecule has 3 aromatic carbocycles. The minimum absolute atomic E-state index is 0.0171. The number of carbonyl (C=O) groups excluding carboxylic acids is 3. The lowest BCUT2D eigenvalue weighted by molar-refractivity contribution is -0.128. The monoisotopic (exact) mass is 557 g/mol. The van der Waals surface area contributed by atoms with E-state index < -0.39 is 23.3 Å². The molecule has 4 rings (SSSR count). The van der Waals surface area contributed by atoms with Crippen LogP contribution in [0.1, 0.15) is 58.6 Å². The summed E-state index contributed by atoms with van der Waals surface area (Å²) in [5, 5.41) is 15.9. The molecule has 0 saturated carbocycles. The van der Waals surface area contributed by atoms with Crippen LogP contribution in [-0.4, -0.2) is 40.2 Å². The molecule has 8 nitrogen and oxygen atoms in total. The Hall–Kier alpha value is -4.33. The molecule has 0 aliphatic carbocycles. The van der Waals surface area contributed by atoms with Crippen LogP contribution < -0.4 is 15.5 Å². The standard InChI is InChI=1S/C33H39N3O5/c1-32(2,3)41-31(40)35-33(4,5)20-29(38)34-26-19-18-24-10-6-8-12-27(24)36(30(26)39)21-22-14-16-23(17-15-22)25-11-7-9-13-28(25)37/h6-17,26,37H,18-21H2,1-5H3,(H,34,38)(H,35,40)/t26-/m1/s1. The average Bonchev–Trinajstić information content (AvgIpc) is 3.00. The number of phenols is 1. The zero-order valence-electron chi connectivity index (χ0n) is 24.4. The van der Waals surface area contributed by atoms with Gasteiger partial charge in [-0.25, -0.2) is 4.79 Å². The van der Waals surface area contributed by atoms with Crippen molar-refractivity contribution >= 4 is 23.6 Å². The highest BCUT2D eigenvalue weighted by Crippen LogP contribution is 2.31. The fourth-order valence-corrected chi connectivity index (χ4v) is 4.97. The number of alkyl carbamates (subject to hydrolysis) is 1. The largest absolute Gasteiger partial charge is 0.507 e. The van der Waals surface area contributed by atoms with Gasteiger partial charge in [0.25, 0.3) is 0 Å². The summed E-state index contributed by atoms with van der Waals surface area (Å²) in [7, 11) is 0. The number of phenolic OH excluding ortho intramolecular Hbond substituents is 1. The summed E-state index contributed by atoms with van der Waals surface area (Å²) < 4.78 is 5.33. The summed E-state index contributed by atoms with van der Waals surface area (Å²) in [6, 6.07) is 22.0. The summed E-state index contributed by atoms with van der Waals surface area (Å²) in [6.07, 6.45) is 0.479. The first-order valence-corrected chi connectivity index (χ1v) is 13.9. The molecule has 3 N–H and O–H groups in total. The van der Waals surface area contributed by atoms with Crippen LogP contribution in [0.4, 0.5) is 10.5 Å². The van der Waals surface area contributed by atoms with Crippen molar-refractivity contribution in [3.63, 3.8) is 0 Å². The molecular weight excluding hydrogens is 518 g/mol. The Bertz CT molecular complexity index is 1410. The van der Waals surface area contributed by atoms with E-state index in [9.17, 15) is 19.5 Å². The summed E-state index contributed by atoms with van der Waals surface area (Å²) in [5.41, 5.74) is 2.86. The molecule has 0 radical (unpaired) electrons. The normalized spacial score (nSPS) is 15.5. The van der Waals surface area contributed by atoms with Crippen molar-refractivity contribution in [3.8, 4) is 16.9 Å². The highest BCUT2D eigenvalue weighted by atomic mass is 16.6. The smallest absolute Gasteiger partial charge is 0.408 e. The maximum Gasteiger partial charge on any atom is 0.408 e. The lowest BCUT2D eigenvalue weighted by atomic mass is 9.99. The van der Waals surface area contributed by atoms with Gasteiger partial charge >= 0.3 is 6.09 Å². The second kappa shape index (κ2) is 12.0. The Morgan fingerprint density at radius 2 is 1.61 bits per heavy atom. The zero-order valence-corrected chi connectivity index (χ0v) is 24.4. The van der Waals surface area contributed by atoms with E-state index >= 15 is 0 Å². The van der Waals surface area contributed by atoms with Crippen LogP contribution in [0.2, 0.25) is 0 Å². The van der Waals surface area contributed by atoms with Gasteiger partial charge < -0.3 is 25.4 Å². The molecule has 0 unspecified atom stereocenters. The number of hydrogen-bond acceptors (Lipinski definition) is 5. The Labute approximate surface area is 241 Å². The molecule has 1 heterocycles. The highest BCUT2D eigenvalue weighted by molar-refractivity contribution is 6.00. The molecule has 0 saturated heterocycles. The number of ether oxygens (including phenoxy) is 1. The predicted molar refractivity (Wildman–Crippen MR) is 159 cm³/mol. The van der Waals surface area contributed by atoms with Crippen LogP contribution in [0.15, 0.2) is 72.8 Å². The third-order valence-electron chi connectivity index (χ3n) is 6.84. The lowest BCUT2D eigenvalue weighted by Crippen LogP contribution is -2.52. The van der Waals surface area contributed by atoms with E-state index in [1.165, 1.54) is 0 Å². The first-order chi connectivity index (χ1) is 19.3. The number of benzene rings is 3. The Morgan fingerprint density at radius 1 is 0.951 bits per heavy atom. The number of rotatable bonds is 7. The van der Waals surface area contributed by atoms with E-state index in [0.717, 1.165) is 27.9 Å². The van der Waals surface area contributed by atoms with Gasteiger partial charge in [0, 0.05) is 23.2 Å². The van der Waals surface area contributed by atoms with Gasteiger partial charge in [0.1, 0.15) is 17.4 Å². The first-order valence-electron chi connectivity index (χ1n) is 13.9. The molecule has 0 spiro atoms. The molecule has 1 atom stereocenters. The number of amides is 3. The van der Waals surface area contributed by atoms with E-state index in [4.69, 9.17) is 4.74 Å². The SMILES string of the molecule is CC(C)(CC(=O)N[C@@H]1CCc2ccccc2N(Cc2ccc(-c3ccccc3O)cc2)C1=O)NC(=O)OC(C)(C)C. The Balaban J connectivity index is 1.49. The maximum atomic E-state index is 13.9. The maximum absolute atomic E-state index is 13.9. The van der Waals surface area contributed by atoms with Crippen LogP contribution in [-0.2, 0) is 27.3 Å². The Kier molecular flexibility index (Phi) is 8.71. The molecule has 216 valence electrons. The van der Waals surface area contributed by atoms with Gasteiger partial charge in [-0.05, 0) is 76.3 Å². The van der Waals surface area contributed by atoms with Crippen molar-refractivity contribution in [1.82, 2.24) is 10.6 Å². The van der Waals surface area contributed by atoms with Crippen LogP contribution in [0.5, 0.6) is 5.75 Å². The molecule has 0 aromatic heterocycles. The van der Waals surface area contributed by atoms with Gasteiger partial charge in [-0.3, -0.25) is 9.59 Å². The number of anilines is 1. The molecule has 8 heteroatoms. The third kappa shape index (κ3) is 7.87. The van der Waals surface area contributed by atoms with E-state index in [1.807, 2.05) is 60.7 Å². The summed E-state index contributed by atoms with van der Waals surface area (Å²) in [4.78, 5) is 41.0. The molecule has 3 aromatic rings. The number of hydrogen-bond donors (Lipinski definition) is 3. The molecular formula is C33H39N3O5. The number of aromatic hydroxyl groups is 1. The van der Waals surface area contributed by atoms with E-state index in [0.29, 0.717) is 19.4 Å². The number of nitrogens with one attached hydrogen (secondary N) is 2. The van der Waals surface area contributed by atoms with Crippen LogP contribution in [0, 0.1) is 0 Å². The van der Waals surface area contributed by atoms with Crippen LogP contribution in [0.3, 0.4) is 0 Å². The minimum atomic E-state index is -0.877. The number of nitrogens with zero attached hydrogens (tertiary/aromatic N) is 1. The van der Waals surface area contributed by atoms with Crippen molar-refractivity contribution in [3.05, 3.63) is 83.9 Å². The van der Waals surface area contributed by atoms with Crippen LogP contribution >= 0.6 is 0 Å². The summed E-state index contributed by atoms with van der Waals surface area (Å²) in [6.45, 7) is 9.14. The predicted octanol–water partition coefficient (Wildman–Crippen LogP) is 5.72. The van der Waals surface area contributed by atoms with Gasteiger partial charge in [0.15, 0.2) is 0 Å². The molecule has 1 aliphatic rings. The van der Waals surface area contributed by atoms with E-state index in [-0.39, 0.29) is 24.0 Å². The molecule has 0 bridgehead atoms. The number of carbonyl (C=O) groups is 3. The fraction of sp³-hybridized carbons (Fsp3) is 0.364. The second-order valence-electron chi connectivity index (χ2n) is 12.1. The minimum Gasteiger partial charge on any atom is -0.507 e. The van der Waals surface area contributed by atoms with E-state index in [1.54, 1.807) is 51.7 Å². The molecule has 0 fully saturated rings. The molecule has 41 heavy (non-hydrogen) atoms. The molecule has 1 aliphatic heterocycles. The van der Waals surface area contributed by atoms with E-state index in [2.05, 4.69) is 10.6 Å². The Morgan fingerprint density at radius 3 is 2.29 bits per heavy atom. The van der Waals surface area contributed by atoms with Crippen molar-refractivity contribution in [1.29, 1.82) is 0 Å². The molecule has 3 amide bonds. The summed E-state index contributed by atoms with van der Waals surface area (Å²) in [5.74, 6) is -0.312. The van der Waals surface area contributed by atoms with Gasteiger partial charge in [0.05, 0.1) is 6.54 Å². The number of aryl methyl sites for hydroxylation is 1. The van der Waals surface area contributed by atoms with Crippen molar-refractivity contribution in [2.24, 2.45) is 0 Å². The summed E-state index contributed by atoms with van der Waals surface area (Å²) >= 11 is 0. The zero-order chi connectivity index (χ0) is 29.8. The van der Waals surface area contributed by atoms with Gasteiger partial charge in [-0.15, -0.1) is 0 Å². The topological polar surface area (TPSA) is 108 Å². The fourth-order valence-electron chi connectivity index (χ4n) is 4.97. The van der Waals surface area contributed by atoms with Crippen molar-refractivity contribution < 1.29 is 24.2 Å². The van der Waals surface area contributed by atoms with Gasteiger partial charge in [-0.1, -0.05) is 60.7 Å². The number of fused-ring (bicyclic) bond motifs is 1. The highest BCUT2D eigenvalue weighted by Gasteiger charge is 2.33. The third-order valence-corrected chi connectivity index (χ3v) is 6.84. The number of para-hydroxylation sites is 2. The van der Waals surface area contributed by atoms with Crippen molar-refractivity contribution in [2.75, 3.05) is 4.90 Å². The van der Waals surface area contributed by atoms with Crippen LogP contribution in [0.25, 0.3) is 11.1 Å². The first kappa shape index (κ1) is 29.6.